The molecule has 2 heterocycles. The lowest BCUT2D eigenvalue weighted by atomic mass is 9.94. The van der Waals surface area contributed by atoms with Crippen LogP contribution in [-0.4, -0.2) is 42.4 Å². The summed E-state index contributed by atoms with van der Waals surface area (Å²) in [6.07, 6.45) is 2.30. The SMILES string of the molecule is COC1(C)CCCN(Cc2sccc2C#CCO)C1. The average Bonchev–Trinajstić information content (AvgIpc) is 2.84. The molecule has 0 saturated carbocycles. The van der Waals surface area contributed by atoms with E-state index in [2.05, 4.69) is 29.0 Å². The highest BCUT2D eigenvalue weighted by Crippen LogP contribution is 2.26. The number of hydrogen-bond donors (Lipinski definition) is 1. The largest absolute Gasteiger partial charge is 0.384 e. The standard InChI is InChI=1S/C15H21NO2S/c1-15(18-2)7-4-8-16(12-15)11-14-13(5-3-9-17)6-10-19-14/h6,10,17H,4,7-9,11-12H2,1-2H3. The first-order valence-electron chi connectivity index (χ1n) is 6.60. The van der Waals surface area contributed by atoms with E-state index in [1.807, 2.05) is 6.07 Å². The van der Waals surface area contributed by atoms with E-state index < -0.39 is 0 Å². The quantitative estimate of drug-likeness (QED) is 0.860. The fraction of sp³-hybridized carbons (Fsp3) is 0.600. The van der Waals surface area contributed by atoms with Gasteiger partial charge in [-0.15, -0.1) is 11.3 Å². The van der Waals surface area contributed by atoms with Gasteiger partial charge in [0.2, 0.25) is 0 Å². The summed E-state index contributed by atoms with van der Waals surface area (Å²) in [5.74, 6) is 5.74. The van der Waals surface area contributed by atoms with E-state index in [1.165, 1.54) is 11.3 Å². The molecule has 1 fully saturated rings. The lowest BCUT2D eigenvalue weighted by Crippen LogP contribution is -2.46. The van der Waals surface area contributed by atoms with Gasteiger partial charge in [0, 0.05) is 30.6 Å². The van der Waals surface area contributed by atoms with Gasteiger partial charge in [-0.2, -0.15) is 0 Å². The van der Waals surface area contributed by atoms with E-state index in [4.69, 9.17) is 9.84 Å². The van der Waals surface area contributed by atoms with Crippen molar-refractivity contribution in [2.24, 2.45) is 0 Å². The minimum absolute atomic E-state index is 0.0214. The van der Waals surface area contributed by atoms with Crippen molar-refractivity contribution in [1.29, 1.82) is 0 Å². The Bertz CT molecular complexity index is 474. The lowest BCUT2D eigenvalue weighted by Gasteiger charge is -2.39. The molecule has 1 aromatic rings. The third-order valence-corrected chi connectivity index (χ3v) is 4.55. The molecule has 1 aliphatic rings. The zero-order valence-electron chi connectivity index (χ0n) is 11.6. The van der Waals surface area contributed by atoms with Crippen LogP contribution in [0.1, 0.15) is 30.2 Å². The molecule has 3 nitrogen and oxygen atoms in total. The first-order chi connectivity index (χ1) is 9.17. The van der Waals surface area contributed by atoms with Crippen molar-refractivity contribution in [3.05, 3.63) is 21.9 Å². The van der Waals surface area contributed by atoms with Gasteiger partial charge in [-0.05, 0) is 37.8 Å². The summed E-state index contributed by atoms with van der Waals surface area (Å²) in [6, 6.07) is 2.03. The Hall–Kier alpha value is -0.860. The van der Waals surface area contributed by atoms with E-state index in [1.54, 1.807) is 18.4 Å². The Labute approximate surface area is 119 Å². The van der Waals surface area contributed by atoms with E-state index in [9.17, 15) is 0 Å². The monoisotopic (exact) mass is 279 g/mol. The maximum atomic E-state index is 8.78. The van der Waals surface area contributed by atoms with Crippen LogP contribution in [0.2, 0.25) is 0 Å². The second-order valence-electron chi connectivity index (χ2n) is 5.19. The molecule has 4 heteroatoms. The second kappa shape index (κ2) is 6.53. The second-order valence-corrected chi connectivity index (χ2v) is 6.19. The molecule has 2 rings (SSSR count). The predicted octanol–water partition coefficient (Wildman–Crippen LogP) is 2.09. The summed E-state index contributed by atoms with van der Waals surface area (Å²) in [5, 5.41) is 10.8. The highest BCUT2D eigenvalue weighted by molar-refractivity contribution is 7.10. The summed E-state index contributed by atoms with van der Waals surface area (Å²) >= 11 is 1.73. The van der Waals surface area contributed by atoms with Gasteiger partial charge in [0.15, 0.2) is 0 Å². The molecule has 104 valence electrons. The van der Waals surface area contributed by atoms with Crippen molar-refractivity contribution in [2.75, 3.05) is 26.8 Å². The molecule has 1 unspecified atom stereocenters. The van der Waals surface area contributed by atoms with Gasteiger partial charge in [-0.3, -0.25) is 4.90 Å². The van der Waals surface area contributed by atoms with Crippen LogP contribution < -0.4 is 0 Å². The average molecular weight is 279 g/mol. The van der Waals surface area contributed by atoms with Crippen molar-refractivity contribution in [1.82, 2.24) is 4.90 Å². The number of aliphatic hydroxyl groups is 1. The van der Waals surface area contributed by atoms with Crippen LogP contribution in [0.4, 0.5) is 0 Å². The molecule has 1 saturated heterocycles. The number of likely N-dealkylation sites (tertiary alicyclic amines) is 1. The number of piperidine rings is 1. The van der Waals surface area contributed by atoms with Crippen LogP contribution in [0, 0.1) is 11.8 Å². The number of thiophene rings is 1. The van der Waals surface area contributed by atoms with Gasteiger partial charge in [-0.25, -0.2) is 0 Å². The van der Waals surface area contributed by atoms with Crippen LogP contribution in [0.15, 0.2) is 11.4 Å². The van der Waals surface area contributed by atoms with Crippen molar-refractivity contribution >= 4 is 11.3 Å². The fourth-order valence-corrected chi connectivity index (χ4v) is 3.39. The number of aliphatic hydroxyl groups excluding tert-OH is 1. The molecule has 1 aliphatic heterocycles. The van der Waals surface area contributed by atoms with Crippen molar-refractivity contribution in [3.8, 4) is 11.8 Å². The lowest BCUT2D eigenvalue weighted by molar-refractivity contribution is -0.0525. The van der Waals surface area contributed by atoms with E-state index in [0.29, 0.717) is 0 Å². The molecule has 1 aromatic heterocycles. The van der Waals surface area contributed by atoms with Crippen LogP contribution in [0.25, 0.3) is 0 Å². The van der Waals surface area contributed by atoms with Gasteiger partial charge >= 0.3 is 0 Å². The summed E-state index contributed by atoms with van der Waals surface area (Å²) in [7, 11) is 1.80. The van der Waals surface area contributed by atoms with Crippen molar-refractivity contribution < 1.29 is 9.84 Å². The first-order valence-corrected chi connectivity index (χ1v) is 7.48. The zero-order valence-corrected chi connectivity index (χ0v) is 12.4. The van der Waals surface area contributed by atoms with E-state index in [0.717, 1.165) is 31.6 Å². The van der Waals surface area contributed by atoms with Gasteiger partial charge in [0.05, 0.1) is 5.60 Å². The Morgan fingerprint density at radius 2 is 2.42 bits per heavy atom. The number of rotatable bonds is 3. The first kappa shape index (κ1) is 14.5. The highest BCUT2D eigenvalue weighted by Gasteiger charge is 2.30. The van der Waals surface area contributed by atoms with Gasteiger partial charge in [0.25, 0.3) is 0 Å². The molecule has 1 N–H and O–H groups in total. The van der Waals surface area contributed by atoms with Crippen LogP contribution >= 0.6 is 11.3 Å². The zero-order chi connectivity index (χ0) is 13.7. The van der Waals surface area contributed by atoms with Crippen molar-refractivity contribution in [2.45, 2.75) is 31.9 Å². The summed E-state index contributed by atoms with van der Waals surface area (Å²) in [5.41, 5.74) is 1.02. The molecule has 0 amide bonds. The van der Waals surface area contributed by atoms with Gasteiger partial charge in [0.1, 0.15) is 6.61 Å². The summed E-state index contributed by atoms with van der Waals surface area (Å²) in [4.78, 5) is 3.71. The smallest absolute Gasteiger partial charge is 0.104 e. The van der Waals surface area contributed by atoms with E-state index in [-0.39, 0.29) is 12.2 Å². The molecular formula is C15H21NO2S. The normalized spacial score (nSPS) is 23.9. The summed E-state index contributed by atoms with van der Waals surface area (Å²) in [6.45, 7) is 5.10. The molecule has 0 bridgehead atoms. The Balaban J connectivity index is 2.03. The third kappa shape index (κ3) is 3.80. The molecule has 1 atom stereocenters. The molecule has 0 aromatic carbocycles. The number of methoxy groups -OCH3 is 1. The number of ether oxygens (including phenoxy) is 1. The maximum Gasteiger partial charge on any atom is 0.104 e. The molecule has 0 radical (unpaired) electrons. The minimum atomic E-state index is -0.0826. The molecular weight excluding hydrogens is 258 g/mol. The van der Waals surface area contributed by atoms with Gasteiger partial charge < -0.3 is 9.84 Å². The third-order valence-electron chi connectivity index (χ3n) is 3.65. The maximum absolute atomic E-state index is 8.78. The minimum Gasteiger partial charge on any atom is -0.384 e. The highest BCUT2D eigenvalue weighted by atomic mass is 32.1. The van der Waals surface area contributed by atoms with Crippen LogP contribution in [-0.2, 0) is 11.3 Å². The molecule has 19 heavy (non-hydrogen) atoms. The molecule has 0 aliphatic carbocycles. The Kier molecular flexibility index (Phi) is 5.00. The summed E-state index contributed by atoms with van der Waals surface area (Å²) < 4.78 is 5.62. The predicted molar refractivity (Wildman–Crippen MR) is 78.2 cm³/mol. The fourth-order valence-electron chi connectivity index (χ4n) is 2.52. The van der Waals surface area contributed by atoms with Crippen LogP contribution in [0.3, 0.4) is 0 Å². The Morgan fingerprint density at radius 3 is 3.16 bits per heavy atom. The number of hydrogen-bond acceptors (Lipinski definition) is 4. The Morgan fingerprint density at radius 1 is 1.58 bits per heavy atom. The van der Waals surface area contributed by atoms with Crippen molar-refractivity contribution in [3.63, 3.8) is 0 Å². The topological polar surface area (TPSA) is 32.7 Å². The number of nitrogens with zero attached hydrogens (tertiary/aromatic N) is 1. The van der Waals surface area contributed by atoms with E-state index >= 15 is 0 Å². The molecule has 0 spiro atoms. The van der Waals surface area contributed by atoms with Gasteiger partial charge in [-0.1, -0.05) is 11.8 Å². The van der Waals surface area contributed by atoms with Crippen LogP contribution in [0.5, 0.6) is 0 Å².